The Morgan fingerprint density at radius 3 is 2.81 bits per heavy atom. The predicted molar refractivity (Wildman–Crippen MR) is 60.5 cm³/mol. The number of nitrogens with zero attached hydrogens (tertiary/aromatic N) is 1. The van der Waals surface area contributed by atoms with Crippen LogP contribution in [0.2, 0.25) is 5.02 Å². The van der Waals surface area contributed by atoms with Gasteiger partial charge in [-0.05, 0) is 13.0 Å². The highest BCUT2D eigenvalue weighted by Crippen LogP contribution is 2.37. The van der Waals surface area contributed by atoms with Crippen LogP contribution < -0.4 is 0 Å². The van der Waals surface area contributed by atoms with Gasteiger partial charge >= 0.3 is 0 Å². The zero-order valence-electron chi connectivity index (χ0n) is 8.31. The van der Waals surface area contributed by atoms with Gasteiger partial charge in [-0.25, -0.2) is 4.39 Å². The van der Waals surface area contributed by atoms with Gasteiger partial charge in [-0.1, -0.05) is 11.6 Å². The van der Waals surface area contributed by atoms with E-state index in [4.69, 9.17) is 16.7 Å². The number of aliphatic hydroxyl groups excluding tert-OH is 1. The van der Waals surface area contributed by atoms with E-state index in [0.29, 0.717) is 0 Å². The van der Waals surface area contributed by atoms with Crippen molar-refractivity contribution in [1.29, 1.82) is 0 Å². The Morgan fingerprint density at radius 2 is 2.31 bits per heavy atom. The van der Waals surface area contributed by atoms with Gasteiger partial charge in [-0.3, -0.25) is 10.1 Å². The Bertz CT molecular complexity index is 414. The van der Waals surface area contributed by atoms with Crippen LogP contribution in [0.5, 0.6) is 0 Å². The van der Waals surface area contributed by atoms with Gasteiger partial charge in [0.15, 0.2) is 0 Å². The van der Waals surface area contributed by atoms with Gasteiger partial charge in [0.25, 0.3) is 5.69 Å². The topological polar surface area (TPSA) is 63.4 Å². The maximum atomic E-state index is 13.1. The summed E-state index contributed by atoms with van der Waals surface area (Å²) in [5.41, 5.74) is -0.253. The molecule has 0 heterocycles. The summed E-state index contributed by atoms with van der Waals surface area (Å²) in [7, 11) is 0. The van der Waals surface area contributed by atoms with Crippen LogP contribution in [0.3, 0.4) is 0 Å². The Kier molecular flexibility index (Phi) is 4.52. The van der Waals surface area contributed by atoms with Crippen molar-refractivity contribution in [3.8, 4) is 0 Å². The first-order chi connectivity index (χ1) is 7.43. The molecule has 88 valence electrons. The predicted octanol–water partition coefficient (Wildman–Crippen LogP) is 2.86. The summed E-state index contributed by atoms with van der Waals surface area (Å²) in [5.74, 6) is -0.496. The number of benzene rings is 1. The maximum Gasteiger partial charge on any atom is 0.284 e. The molecule has 0 unspecified atom stereocenters. The summed E-state index contributed by atoms with van der Waals surface area (Å²) in [6.07, 6.45) is -0.649. The molecule has 0 radical (unpaired) electrons. The molecule has 1 N–H and O–H groups in total. The van der Waals surface area contributed by atoms with Gasteiger partial charge in [0.2, 0.25) is 0 Å². The second-order valence-electron chi connectivity index (χ2n) is 3.13. The smallest absolute Gasteiger partial charge is 0.284 e. The summed E-state index contributed by atoms with van der Waals surface area (Å²) in [5, 5.41) is 19.5. The number of hydrogen-bond donors (Lipinski definition) is 1. The number of hydrogen-bond acceptors (Lipinski definition) is 4. The third-order valence-corrected chi connectivity index (χ3v) is 3.53. The molecule has 1 aromatic rings. The zero-order valence-corrected chi connectivity index (χ0v) is 9.89. The highest BCUT2D eigenvalue weighted by Gasteiger charge is 2.20. The molecule has 1 atom stereocenters. The number of nitro groups is 1. The van der Waals surface area contributed by atoms with Crippen LogP contribution in [0.1, 0.15) is 6.92 Å². The minimum Gasteiger partial charge on any atom is -0.393 e. The molecule has 0 saturated carbocycles. The van der Waals surface area contributed by atoms with Gasteiger partial charge < -0.3 is 5.11 Å². The third kappa shape index (κ3) is 3.07. The molecule has 0 aliphatic carbocycles. The third-order valence-electron chi connectivity index (χ3n) is 1.69. The quantitative estimate of drug-likeness (QED) is 0.516. The van der Waals surface area contributed by atoms with Gasteiger partial charge in [-0.15, -0.1) is 11.8 Å². The lowest BCUT2D eigenvalue weighted by Crippen LogP contribution is -2.03. The fourth-order valence-electron chi connectivity index (χ4n) is 1.01. The van der Waals surface area contributed by atoms with Gasteiger partial charge in [0, 0.05) is 11.8 Å². The van der Waals surface area contributed by atoms with E-state index in [2.05, 4.69) is 0 Å². The molecule has 0 fully saturated rings. The summed E-state index contributed by atoms with van der Waals surface area (Å²) >= 11 is 6.60. The maximum absolute atomic E-state index is 13.1. The van der Waals surface area contributed by atoms with Crippen LogP contribution in [0, 0.1) is 15.9 Å². The Balaban J connectivity index is 3.11. The highest BCUT2D eigenvalue weighted by atomic mass is 35.5. The molecular weight excluding hydrogens is 257 g/mol. The molecule has 4 nitrogen and oxygen atoms in total. The first-order valence-electron chi connectivity index (χ1n) is 4.36. The summed E-state index contributed by atoms with van der Waals surface area (Å²) < 4.78 is 13.1. The average Bonchev–Trinajstić information content (AvgIpc) is 2.19. The van der Waals surface area contributed by atoms with E-state index >= 15 is 0 Å². The summed E-state index contributed by atoms with van der Waals surface area (Å²) in [6, 6.07) is 2.01. The first kappa shape index (κ1) is 13.2. The first-order valence-corrected chi connectivity index (χ1v) is 5.73. The lowest BCUT2D eigenvalue weighted by Gasteiger charge is -2.07. The molecule has 0 aliphatic rings. The number of aliphatic hydroxyl groups is 1. The van der Waals surface area contributed by atoms with Crippen molar-refractivity contribution in [3.05, 3.63) is 33.1 Å². The zero-order chi connectivity index (χ0) is 12.3. The largest absolute Gasteiger partial charge is 0.393 e. The standard InChI is InChI=1S/C9H9ClFNO3S/c1-5(13)4-16-9-7(12(14)15)3-2-6(11)8(9)10/h2-3,5,13H,4H2,1H3/t5-/m0/s1. The minimum atomic E-state index is -0.708. The van der Waals surface area contributed by atoms with Crippen LogP contribution in [0.25, 0.3) is 0 Å². The fourth-order valence-corrected chi connectivity index (χ4v) is 2.25. The molecule has 7 heteroatoms. The number of rotatable bonds is 4. The Hall–Kier alpha value is -0.850. The molecule has 16 heavy (non-hydrogen) atoms. The molecule has 0 aromatic heterocycles. The average molecular weight is 266 g/mol. The van der Waals surface area contributed by atoms with Crippen molar-refractivity contribution >= 4 is 29.1 Å². The van der Waals surface area contributed by atoms with E-state index in [9.17, 15) is 14.5 Å². The van der Waals surface area contributed by atoms with Crippen molar-refractivity contribution in [2.24, 2.45) is 0 Å². The molecule has 0 bridgehead atoms. The van der Waals surface area contributed by atoms with Crippen LogP contribution in [0.15, 0.2) is 17.0 Å². The van der Waals surface area contributed by atoms with Crippen molar-refractivity contribution in [3.63, 3.8) is 0 Å². The molecule has 0 aliphatic heterocycles. The van der Waals surface area contributed by atoms with Crippen LogP contribution >= 0.6 is 23.4 Å². The normalized spacial score (nSPS) is 12.5. The molecule has 1 rings (SSSR count). The summed E-state index contributed by atoms with van der Waals surface area (Å²) in [4.78, 5) is 10.1. The highest BCUT2D eigenvalue weighted by molar-refractivity contribution is 7.99. The van der Waals surface area contributed by atoms with Gasteiger partial charge in [0.05, 0.1) is 16.0 Å². The van der Waals surface area contributed by atoms with E-state index in [0.717, 1.165) is 23.9 Å². The lowest BCUT2D eigenvalue weighted by atomic mass is 10.3. The van der Waals surface area contributed by atoms with Gasteiger partial charge in [0.1, 0.15) is 10.7 Å². The lowest BCUT2D eigenvalue weighted by molar-refractivity contribution is -0.387. The minimum absolute atomic E-state index is 0.0487. The van der Waals surface area contributed by atoms with Crippen molar-refractivity contribution in [2.75, 3.05) is 5.75 Å². The van der Waals surface area contributed by atoms with E-state index in [1.165, 1.54) is 6.92 Å². The van der Waals surface area contributed by atoms with Crippen LogP contribution in [-0.4, -0.2) is 21.9 Å². The van der Waals surface area contributed by atoms with E-state index in [1.807, 2.05) is 0 Å². The van der Waals surface area contributed by atoms with Crippen LogP contribution in [-0.2, 0) is 0 Å². The second-order valence-corrected chi connectivity index (χ2v) is 4.53. The van der Waals surface area contributed by atoms with Crippen molar-refractivity contribution in [2.45, 2.75) is 17.9 Å². The molecule has 0 spiro atoms. The van der Waals surface area contributed by atoms with E-state index in [-0.39, 0.29) is 21.4 Å². The Morgan fingerprint density at radius 1 is 1.69 bits per heavy atom. The second kappa shape index (κ2) is 5.47. The molecule has 0 saturated heterocycles. The molecule has 1 aromatic carbocycles. The Labute approximate surface area is 101 Å². The number of thioether (sulfide) groups is 1. The van der Waals surface area contributed by atoms with Crippen molar-refractivity contribution in [1.82, 2.24) is 0 Å². The number of nitro benzene ring substituents is 1. The molecule has 0 amide bonds. The monoisotopic (exact) mass is 265 g/mol. The number of halogens is 2. The van der Waals surface area contributed by atoms with E-state index in [1.54, 1.807) is 0 Å². The summed E-state index contributed by atoms with van der Waals surface area (Å²) in [6.45, 7) is 1.53. The molecular formula is C9H9ClFNO3S. The SMILES string of the molecule is C[C@H](O)CSc1c([N+](=O)[O-])ccc(F)c1Cl. The fraction of sp³-hybridized carbons (Fsp3) is 0.333. The van der Waals surface area contributed by atoms with Crippen molar-refractivity contribution < 1.29 is 14.4 Å². The van der Waals surface area contributed by atoms with E-state index < -0.39 is 16.8 Å². The van der Waals surface area contributed by atoms with Crippen LogP contribution in [0.4, 0.5) is 10.1 Å². The van der Waals surface area contributed by atoms with Gasteiger partial charge in [-0.2, -0.15) is 0 Å².